The summed E-state index contributed by atoms with van der Waals surface area (Å²) in [5.41, 5.74) is 2.60. The molecule has 0 N–H and O–H groups in total. The van der Waals surface area contributed by atoms with E-state index in [0.717, 1.165) is 47.7 Å². The third-order valence-electron chi connectivity index (χ3n) is 8.39. The lowest BCUT2D eigenvalue weighted by Gasteiger charge is -2.36. The third-order valence-corrected chi connectivity index (χ3v) is 8.39. The van der Waals surface area contributed by atoms with E-state index in [2.05, 4.69) is 4.57 Å². The second kappa shape index (κ2) is 15.0. The molecule has 1 fully saturated rings. The average molecular weight is 584 g/mol. The minimum absolute atomic E-state index is 0.0208. The van der Waals surface area contributed by atoms with Crippen molar-refractivity contribution in [1.82, 2.24) is 14.4 Å². The standard InChI is InChI=1S/C36H42FN3O3/c1-2-43-23-9-22-39(36(42)31-18-17-29-10-6-7-11-30(29)24-31)27-35(41)40(33-12-4-3-5-13-33)26-34-14-8-21-38(34)25-28-15-19-32(37)20-16-28/h6-8,10-11,14-21,24,33H,2-5,9,12-13,22-23,25-27H2,1H3. The second-order valence-corrected chi connectivity index (χ2v) is 11.4. The molecule has 7 heteroatoms. The third kappa shape index (κ3) is 8.11. The lowest BCUT2D eigenvalue weighted by Crippen LogP contribution is -2.48. The topological polar surface area (TPSA) is 54.8 Å². The van der Waals surface area contributed by atoms with Gasteiger partial charge in [-0.15, -0.1) is 0 Å². The van der Waals surface area contributed by atoms with Crippen LogP contribution in [0.5, 0.6) is 0 Å². The fraction of sp³-hybridized carbons (Fsp3) is 0.389. The highest BCUT2D eigenvalue weighted by molar-refractivity contribution is 6.00. The number of carbonyl (C=O) groups is 2. The molecule has 1 aliphatic rings. The van der Waals surface area contributed by atoms with Gasteiger partial charge in [0.05, 0.1) is 6.54 Å². The van der Waals surface area contributed by atoms with E-state index in [0.29, 0.717) is 44.8 Å². The first kappa shape index (κ1) is 30.5. The molecule has 1 heterocycles. The van der Waals surface area contributed by atoms with Crippen LogP contribution in [0.1, 0.15) is 67.1 Å². The van der Waals surface area contributed by atoms with Gasteiger partial charge in [0.1, 0.15) is 12.4 Å². The molecule has 0 aliphatic heterocycles. The Kier molecular flexibility index (Phi) is 10.6. The molecular weight excluding hydrogens is 541 g/mol. The maximum absolute atomic E-state index is 14.2. The van der Waals surface area contributed by atoms with Gasteiger partial charge < -0.3 is 19.1 Å². The largest absolute Gasteiger partial charge is 0.382 e. The van der Waals surface area contributed by atoms with Crippen LogP contribution < -0.4 is 0 Å². The molecule has 226 valence electrons. The Labute approximate surface area is 254 Å². The molecule has 2 amide bonds. The summed E-state index contributed by atoms with van der Waals surface area (Å²) in [5.74, 6) is -0.430. The molecule has 0 saturated heterocycles. The van der Waals surface area contributed by atoms with Crippen LogP contribution in [0.25, 0.3) is 10.8 Å². The van der Waals surface area contributed by atoms with Gasteiger partial charge in [-0.2, -0.15) is 0 Å². The molecule has 6 nitrogen and oxygen atoms in total. The number of carbonyl (C=O) groups excluding carboxylic acids is 2. The van der Waals surface area contributed by atoms with E-state index in [1.54, 1.807) is 17.0 Å². The second-order valence-electron chi connectivity index (χ2n) is 11.4. The van der Waals surface area contributed by atoms with Gasteiger partial charge in [-0.3, -0.25) is 9.59 Å². The molecule has 3 aromatic carbocycles. The number of rotatable bonds is 13. The van der Waals surface area contributed by atoms with Gasteiger partial charge in [-0.05, 0) is 78.9 Å². The molecule has 0 bridgehead atoms. The Hall–Kier alpha value is -3.97. The molecule has 1 aliphatic carbocycles. The number of benzene rings is 3. The van der Waals surface area contributed by atoms with Crippen molar-refractivity contribution in [2.75, 3.05) is 26.3 Å². The zero-order valence-electron chi connectivity index (χ0n) is 25.1. The Morgan fingerprint density at radius 1 is 0.930 bits per heavy atom. The van der Waals surface area contributed by atoms with Crippen molar-refractivity contribution in [1.29, 1.82) is 0 Å². The first-order valence-electron chi connectivity index (χ1n) is 15.6. The summed E-state index contributed by atoms with van der Waals surface area (Å²) in [6, 6.07) is 24.4. The number of nitrogens with zero attached hydrogens (tertiary/aromatic N) is 3. The van der Waals surface area contributed by atoms with Gasteiger partial charge in [0.15, 0.2) is 0 Å². The van der Waals surface area contributed by atoms with Crippen molar-refractivity contribution in [3.8, 4) is 0 Å². The molecule has 43 heavy (non-hydrogen) atoms. The number of hydrogen-bond donors (Lipinski definition) is 0. The van der Waals surface area contributed by atoms with Gasteiger partial charge in [-0.1, -0.05) is 61.7 Å². The average Bonchev–Trinajstić information content (AvgIpc) is 3.48. The normalized spacial score (nSPS) is 13.7. The fourth-order valence-corrected chi connectivity index (χ4v) is 6.04. The van der Waals surface area contributed by atoms with Gasteiger partial charge in [0.25, 0.3) is 5.91 Å². The summed E-state index contributed by atoms with van der Waals surface area (Å²) in [4.78, 5) is 31.7. The van der Waals surface area contributed by atoms with Crippen LogP contribution >= 0.6 is 0 Å². The minimum atomic E-state index is -0.255. The minimum Gasteiger partial charge on any atom is -0.382 e. The number of halogens is 1. The number of hydrogen-bond acceptors (Lipinski definition) is 3. The SMILES string of the molecule is CCOCCCN(CC(=O)N(Cc1cccn1Cc1ccc(F)cc1)C1CCCCC1)C(=O)c1ccc2ccccc2c1. The van der Waals surface area contributed by atoms with Crippen molar-refractivity contribution >= 4 is 22.6 Å². The van der Waals surface area contributed by atoms with E-state index in [9.17, 15) is 14.0 Å². The van der Waals surface area contributed by atoms with E-state index in [1.165, 1.54) is 18.6 Å². The Morgan fingerprint density at radius 2 is 1.70 bits per heavy atom. The van der Waals surface area contributed by atoms with Gasteiger partial charge in [0, 0.05) is 49.8 Å². The summed E-state index contributed by atoms with van der Waals surface area (Å²) in [6.45, 7) is 4.63. The van der Waals surface area contributed by atoms with Crippen LogP contribution in [-0.2, 0) is 22.6 Å². The quantitative estimate of drug-likeness (QED) is 0.158. The summed E-state index contributed by atoms with van der Waals surface area (Å²) >= 11 is 0. The van der Waals surface area contributed by atoms with E-state index in [-0.39, 0.29) is 30.2 Å². The highest BCUT2D eigenvalue weighted by Gasteiger charge is 2.29. The molecule has 0 unspecified atom stereocenters. The molecule has 0 radical (unpaired) electrons. The molecule has 1 saturated carbocycles. The fourth-order valence-electron chi connectivity index (χ4n) is 6.04. The predicted octanol–water partition coefficient (Wildman–Crippen LogP) is 7.06. The van der Waals surface area contributed by atoms with E-state index in [4.69, 9.17) is 4.74 Å². The van der Waals surface area contributed by atoms with Crippen LogP contribution in [0.4, 0.5) is 4.39 Å². The zero-order valence-corrected chi connectivity index (χ0v) is 25.1. The predicted molar refractivity (Wildman–Crippen MR) is 168 cm³/mol. The van der Waals surface area contributed by atoms with Crippen LogP contribution in [0.15, 0.2) is 85.1 Å². The summed E-state index contributed by atoms with van der Waals surface area (Å²) in [6.07, 6.45) is 7.97. The first-order valence-corrected chi connectivity index (χ1v) is 15.6. The van der Waals surface area contributed by atoms with Crippen LogP contribution in [0, 0.1) is 5.82 Å². The van der Waals surface area contributed by atoms with Crippen LogP contribution in [0.3, 0.4) is 0 Å². The highest BCUT2D eigenvalue weighted by atomic mass is 19.1. The lowest BCUT2D eigenvalue weighted by atomic mass is 9.94. The van der Waals surface area contributed by atoms with Crippen molar-refractivity contribution in [3.63, 3.8) is 0 Å². The Morgan fingerprint density at radius 3 is 2.47 bits per heavy atom. The van der Waals surface area contributed by atoms with Gasteiger partial charge in [-0.25, -0.2) is 4.39 Å². The van der Waals surface area contributed by atoms with Crippen molar-refractivity contribution < 1.29 is 18.7 Å². The molecule has 5 rings (SSSR count). The van der Waals surface area contributed by atoms with E-state index < -0.39 is 0 Å². The molecule has 4 aromatic rings. The van der Waals surface area contributed by atoms with E-state index >= 15 is 0 Å². The smallest absolute Gasteiger partial charge is 0.254 e. The highest BCUT2D eigenvalue weighted by Crippen LogP contribution is 2.25. The zero-order chi connectivity index (χ0) is 30.0. The molecule has 0 atom stereocenters. The first-order chi connectivity index (χ1) is 21.0. The number of aromatic nitrogens is 1. The van der Waals surface area contributed by atoms with Crippen LogP contribution in [0.2, 0.25) is 0 Å². The summed E-state index contributed by atoms with van der Waals surface area (Å²) < 4.78 is 21.2. The lowest BCUT2D eigenvalue weighted by molar-refractivity contribution is -0.135. The maximum atomic E-state index is 14.2. The summed E-state index contributed by atoms with van der Waals surface area (Å²) in [5, 5.41) is 2.07. The van der Waals surface area contributed by atoms with Crippen LogP contribution in [-0.4, -0.2) is 58.5 Å². The van der Waals surface area contributed by atoms with Gasteiger partial charge in [0.2, 0.25) is 5.91 Å². The molecular formula is C36H42FN3O3. The van der Waals surface area contributed by atoms with Gasteiger partial charge >= 0.3 is 0 Å². The summed E-state index contributed by atoms with van der Waals surface area (Å²) in [7, 11) is 0. The molecule has 0 spiro atoms. The maximum Gasteiger partial charge on any atom is 0.254 e. The number of ether oxygens (including phenoxy) is 1. The number of fused-ring (bicyclic) bond motifs is 1. The molecule has 1 aromatic heterocycles. The van der Waals surface area contributed by atoms with E-state index in [1.807, 2.05) is 72.6 Å². The van der Waals surface area contributed by atoms with Crippen molar-refractivity contribution in [3.05, 3.63) is 108 Å². The van der Waals surface area contributed by atoms with Crippen molar-refractivity contribution in [2.45, 2.75) is 64.6 Å². The number of amides is 2. The van der Waals surface area contributed by atoms with Crippen molar-refractivity contribution in [2.24, 2.45) is 0 Å². The Bertz CT molecular complexity index is 1490. The Balaban J connectivity index is 1.36. The monoisotopic (exact) mass is 583 g/mol.